The number of nitrogens with zero attached hydrogens (tertiary/aromatic N) is 1. The Kier molecular flexibility index (Phi) is 5.76. The van der Waals surface area contributed by atoms with Gasteiger partial charge in [0.1, 0.15) is 5.82 Å². The molecule has 1 saturated carbocycles. The summed E-state index contributed by atoms with van der Waals surface area (Å²) < 4.78 is 5.75. The molecule has 1 heterocycles. The molecule has 0 spiro atoms. The molecule has 0 saturated heterocycles. The summed E-state index contributed by atoms with van der Waals surface area (Å²) in [6, 6.07) is 3.26. The Morgan fingerprint density at radius 2 is 2.20 bits per heavy atom. The Bertz CT molecular complexity index is 433. The van der Waals surface area contributed by atoms with Crippen LogP contribution < -0.4 is 16.6 Å². The van der Waals surface area contributed by atoms with Gasteiger partial charge < -0.3 is 15.5 Å². The zero-order chi connectivity index (χ0) is 14.2. The molecule has 0 unspecified atom stereocenters. The third-order valence-corrected chi connectivity index (χ3v) is 3.46. The van der Waals surface area contributed by atoms with Crippen LogP contribution in [-0.2, 0) is 4.74 Å². The quantitative estimate of drug-likeness (QED) is 0.416. The Morgan fingerprint density at radius 1 is 1.40 bits per heavy atom. The van der Waals surface area contributed by atoms with Gasteiger partial charge in [0.05, 0.1) is 12.7 Å². The number of nitrogens with one attached hydrogen (secondary N) is 2. The summed E-state index contributed by atoms with van der Waals surface area (Å²) in [6.45, 7) is 1.08. The maximum absolute atomic E-state index is 11.9. The first kappa shape index (κ1) is 14.7. The fraction of sp³-hybridized carbons (Fsp3) is 0.571. The van der Waals surface area contributed by atoms with Gasteiger partial charge in [0.2, 0.25) is 0 Å². The van der Waals surface area contributed by atoms with Crippen LogP contribution >= 0.6 is 0 Å². The summed E-state index contributed by atoms with van der Waals surface area (Å²) in [6.07, 6.45) is 8.02. The van der Waals surface area contributed by atoms with E-state index in [2.05, 4.69) is 15.7 Å². The molecule has 6 nitrogen and oxygen atoms in total. The number of aromatic nitrogens is 1. The summed E-state index contributed by atoms with van der Waals surface area (Å²) in [7, 11) is 0. The van der Waals surface area contributed by atoms with Crippen LogP contribution in [0.1, 0.15) is 42.5 Å². The van der Waals surface area contributed by atoms with Crippen LogP contribution in [-0.4, -0.2) is 30.1 Å². The normalized spacial score (nSPS) is 15.8. The molecule has 1 aliphatic rings. The van der Waals surface area contributed by atoms with Crippen LogP contribution in [0.5, 0.6) is 0 Å². The van der Waals surface area contributed by atoms with Crippen LogP contribution in [0.3, 0.4) is 0 Å². The van der Waals surface area contributed by atoms with E-state index < -0.39 is 0 Å². The van der Waals surface area contributed by atoms with Crippen LogP contribution in [0.25, 0.3) is 0 Å². The van der Waals surface area contributed by atoms with Crippen molar-refractivity contribution in [2.24, 2.45) is 5.84 Å². The van der Waals surface area contributed by atoms with Crippen LogP contribution in [0.2, 0.25) is 0 Å². The summed E-state index contributed by atoms with van der Waals surface area (Å²) >= 11 is 0. The number of hydrazine groups is 1. The van der Waals surface area contributed by atoms with E-state index in [9.17, 15) is 4.79 Å². The van der Waals surface area contributed by atoms with Gasteiger partial charge in [-0.15, -0.1) is 0 Å². The number of carbonyl (C=O) groups excluding carboxylic acids is 1. The Hall–Kier alpha value is -1.66. The lowest BCUT2D eigenvalue weighted by atomic mass is 9.98. The third kappa shape index (κ3) is 4.47. The van der Waals surface area contributed by atoms with Gasteiger partial charge in [-0.25, -0.2) is 10.8 Å². The highest BCUT2D eigenvalue weighted by Gasteiger charge is 2.13. The number of rotatable bonds is 6. The maximum Gasteiger partial charge on any atom is 0.251 e. The van der Waals surface area contributed by atoms with Gasteiger partial charge in [0, 0.05) is 18.3 Å². The Balaban J connectivity index is 1.69. The van der Waals surface area contributed by atoms with Gasteiger partial charge in [-0.2, -0.15) is 0 Å². The first-order valence-electron chi connectivity index (χ1n) is 7.12. The van der Waals surface area contributed by atoms with Gasteiger partial charge >= 0.3 is 0 Å². The second-order valence-corrected chi connectivity index (χ2v) is 4.96. The number of nitrogen functional groups attached to an aromatic ring is 1. The van der Waals surface area contributed by atoms with Crippen molar-refractivity contribution in [1.29, 1.82) is 0 Å². The number of pyridine rings is 1. The van der Waals surface area contributed by atoms with Crippen LogP contribution in [0.15, 0.2) is 18.3 Å². The van der Waals surface area contributed by atoms with Crippen molar-refractivity contribution >= 4 is 11.7 Å². The van der Waals surface area contributed by atoms with E-state index in [-0.39, 0.29) is 5.91 Å². The van der Waals surface area contributed by atoms with Gasteiger partial charge in [-0.3, -0.25) is 4.79 Å². The van der Waals surface area contributed by atoms with Crippen molar-refractivity contribution in [3.63, 3.8) is 0 Å². The average molecular weight is 278 g/mol. The van der Waals surface area contributed by atoms with E-state index in [0.717, 1.165) is 12.8 Å². The minimum Gasteiger partial charge on any atom is -0.376 e. The standard InChI is InChI=1S/C14H22N4O2/c15-18-13-10-11(6-7-16-13)14(19)17-8-9-20-12-4-2-1-3-5-12/h6-7,10,12H,1-5,8-9,15H2,(H,16,18)(H,17,19). The smallest absolute Gasteiger partial charge is 0.251 e. The van der Waals surface area contributed by atoms with Crippen molar-refractivity contribution in [3.05, 3.63) is 23.9 Å². The summed E-state index contributed by atoms with van der Waals surface area (Å²) in [5.74, 6) is 5.59. The van der Waals surface area contributed by atoms with Gasteiger partial charge in [0.15, 0.2) is 0 Å². The molecule has 110 valence electrons. The predicted octanol–water partition coefficient (Wildman–Crippen LogP) is 1.45. The zero-order valence-electron chi connectivity index (χ0n) is 11.6. The molecular weight excluding hydrogens is 256 g/mol. The lowest BCUT2D eigenvalue weighted by Crippen LogP contribution is -2.29. The lowest BCUT2D eigenvalue weighted by Gasteiger charge is -2.22. The molecule has 0 atom stereocenters. The molecule has 0 aromatic carbocycles. The molecule has 0 bridgehead atoms. The summed E-state index contributed by atoms with van der Waals surface area (Å²) in [5, 5.41) is 2.83. The number of carbonyl (C=O) groups is 1. The molecule has 1 aromatic heterocycles. The number of ether oxygens (including phenoxy) is 1. The molecule has 1 aromatic rings. The highest BCUT2D eigenvalue weighted by molar-refractivity contribution is 5.94. The number of anilines is 1. The van der Waals surface area contributed by atoms with E-state index in [4.69, 9.17) is 10.6 Å². The predicted molar refractivity (Wildman–Crippen MR) is 77.2 cm³/mol. The van der Waals surface area contributed by atoms with Crippen molar-refractivity contribution in [2.45, 2.75) is 38.2 Å². The molecule has 0 aliphatic heterocycles. The fourth-order valence-corrected chi connectivity index (χ4v) is 2.37. The number of hydrogen-bond donors (Lipinski definition) is 3. The van der Waals surface area contributed by atoms with E-state index in [0.29, 0.717) is 30.6 Å². The highest BCUT2D eigenvalue weighted by atomic mass is 16.5. The largest absolute Gasteiger partial charge is 0.376 e. The van der Waals surface area contributed by atoms with Crippen molar-refractivity contribution < 1.29 is 9.53 Å². The molecule has 1 fully saturated rings. The van der Waals surface area contributed by atoms with E-state index in [1.165, 1.54) is 19.3 Å². The van der Waals surface area contributed by atoms with Crippen molar-refractivity contribution in [1.82, 2.24) is 10.3 Å². The molecule has 1 aliphatic carbocycles. The summed E-state index contributed by atoms with van der Waals surface area (Å²) in [4.78, 5) is 15.9. The maximum atomic E-state index is 11.9. The molecule has 4 N–H and O–H groups in total. The highest BCUT2D eigenvalue weighted by Crippen LogP contribution is 2.19. The van der Waals surface area contributed by atoms with Crippen molar-refractivity contribution in [2.75, 3.05) is 18.6 Å². The van der Waals surface area contributed by atoms with Crippen LogP contribution in [0.4, 0.5) is 5.82 Å². The number of hydrogen-bond acceptors (Lipinski definition) is 5. The first-order valence-corrected chi connectivity index (χ1v) is 7.12. The van der Waals surface area contributed by atoms with Gasteiger partial charge in [-0.05, 0) is 25.0 Å². The van der Waals surface area contributed by atoms with Crippen LogP contribution in [0, 0.1) is 0 Å². The lowest BCUT2D eigenvalue weighted by molar-refractivity contribution is 0.0299. The van der Waals surface area contributed by atoms with Gasteiger partial charge in [0.25, 0.3) is 5.91 Å². The monoisotopic (exact) mass is 278 g/mol. The SMILES string of the molecule is NNc1cc(C(=O)NCCOC2CCCCC2)ccn1. The van der Waals surface area contributed by atoms with E-state index in [1.54, 1.807) is 18.3 Å². The van der Waals surface area contributed by atoms with E-state index >= 15 is 0 Å². The average Bonchev–Trinajstić information content (AvgIpc) is 2.52. The minimum atomic E-state index is -0.142. The molecule has 2 rings (SSSR count). The Labute approximate surface area is 119 Å². The van der Waals surface area contributed by atoms with Gasteiger partial charge in [-0.1, -0.05) is 19.3 Å². The van der Waals surface area contributed by atoms with E-state index in [1.807, 2.05) is 0 Å². The molecule has 1 amide bonds. The fourth-order valence-electron chi connectivity index (χ4n) is 2.37. The second kappa shape index (κ2) is 7.81. The first-order chi connectivity index (χ1) is 9.79. The molecule has 20 heavy (non-hydrogen) atoms. The number of amides is 1. The molecule has 0 radical (unpaired) electrons. The minimum absolute atomic E-state index is 0.142. The topological polar surface area (TPSA) is 89.3 Å². The van der Waals surface area contributed by atoms with Crippen molar-refractivity contribution in [3.8, 4) is 0 Å². The molecule has 6 heteroatoms. The summed E-state index contributed by atoms with van der Waals surface area (Å²) in [5.41, 5.74) is 2.95. The molecular formula is C14H22N4O2. The zero-order valence-corrected chi connectivity index (χ0v) is 11.6. The number of nitrogens with two attached hydrogens (primary N) is 1. The third-order valence-electron chi connectivity index (χ3n) is 3.46. The Morgan fingerprint density at radius 3 is 2.95 bits per heavy atom. The second-order valence-electron chi connectivity index (χ2n) is 4.96.